The Bertz CT molecular complexity index is 493. The summed E-state index contributed by atoms with van der Waals surface area (Å²) in [6.07, 6.45) is 0. The van der Waals surface area contributed by atoms with Crippen molar-refractivity contribution in [3.63, 3.8) is 0 Å². The van der Waals surface area contributed by atoms with Crippen molar-refractivity contribution < 1.29 is 34.6 Å². The predicted octanol–water partition coefficient (Wildman–Crippen LogP) is 2.19. The van der Waals surface area contributed by atoms with Crippen LogP contribution in [0.4, 0.5) is 22.0 Å². The van der Waals surface area contributed by atoms with Gasteiger partial charge in [-0.3, -0.25) is 0 Å². The molecule has 0 aromatic heterocycles. The molecule has 0 saturated carbocycles. The third-order valence-corrected chi connectivity index (χ3v) is 2.37. The molecule has 1 rings (SSSR count). The Kier molecular flexibility index (Phi) is 3.08. The van der Waals surface area contributed by atoms with E-state index in [0.717, 1.165) is 6.07 Å². The van der Waals surface area contributed by atoms with Crippen LogP contribution in [0, 0.1) is 11.6 Å². The first kappa shape index (κ1) is 12.7. The molecule has 0 saturated heterocycles. The topological polar surface area (TPSA) is 43.4 Å². The molecule has 0 bridgehead atoms. The molecular weight excluding hydrogens is 259 g/mol. The highest BCUT2D eigenvalue weighted by Crippen LogP contribution is 2.28. The highest BCUT2D eigenvalue weighted by molar-refractivity contribution is 7.87. The quantitative estimate of drug-likeness (QED) is 0.466. The zero-order chi connectivity index (χ0) is 12.6. The van der Waals surface area contributed by atoms with E-state index < -0.39 is 33.0 Å². The SMILES string of the molecule is O=S(=O)(Oc1cccc(F)c1F)C(F)(F)F. The average Bonchev–Trinajstić information content (AvgIpc) is 2.11. The van der Waals surface area contributed by atoms with Gasteiger partial charge in [0.15, 0.2) is 11.6 Å². The van der Waals surface area contributed by atoms with Crippen LogP contribution in [0.5, 0.6) is 5.75 Å². The zero-order valence-electron chi connectivity index (χ0n) is 7.25. The largest absolute Gasteiger partial charge is 0.534 e. The summed E-state index contributed by atoms with van der Waals surface area (Å²) in [5.41, 5.74) is -5.70. The van der Waals surface area contributed by atoms with Crippen LogP contribution in [-0.2, 0) is 10.1 Å². The molecule has 9 heteroatoms. The summed E-state index contributed by atoms with van der Waals surface area (Å²) in [5.74, 6) is -4.68. The number of rotatable bonds is 2. The number of halogens is 5. The van der Waals surface area contributed by atoms with E-state index in [1.165, 1.54) is 0 Å². The molecule has 1 aromatic rings. The average molecular weight is 262 g/mol. The van der Waals surface area contributed by atoms with E-state index in [0.29, 0.717) is 12.1 Å². The van der Waals surface area contributed by atoms with Crippen LogP contribution < -0.4 is 4.18 Å². The van der Waals surface area contributed by atoms with Gasteiger partial charge in [0.05, 0.1) is 0 Å². The molecule has 3 nitrogen and oxygen atoms in total. The molecule has 1 aromatic carbocycles. The fourth-order valence-electron chi connectivity index (χ4n) is 0.714. The van der Waals surface area contributed by atoms with E-state index in [9.17, 15) is 30.4 Å². The number of hydrogen-bond acceptors (Lipinski definition) is 3. The molecule has 0 heterocycles. The molecule has 0 N–H and O–H groups in total. The molecule has 0 radical (unpaired) electrons. The molecule has 0 spiro atoms. The summed E-state index contributed by atoms with van der Waals surface area (Å²) in [6.45, 7) is 0. The van der Waals surface area contributed by atoms with Crippen molar-refractivity contribution in [1.82, 2.24) is 0 Å². The smallest absolute Gasteiger partial charge is 0.373 e. The van der Waals surface area contributed by atoms with Crippen molar-refractivity contribution in [2.24, 2.45) is 0 Å². The highest BCUT2D eigenvalue weighted by Gasteiger charge is 2.49. The predicted molar refractivity (Wildman–Crippen MR) is 42.0 cm³/mol. The van der Waals surface area contributed by atoms with Crippen molar-refractivity contribution in [3.05, 3.63) is 29.8 Å². The maximum Gasteiger partial charge on any atom is 0.534 e. The van der Waals surface area contributed by atoms with Crippen LogP contribution in [0.3, 0.4) is 0 Å². The van der Waals surface area contributed by atoms with Gasteiger partial charge in [-0.05, 0) is 12.1 Å². The normalized spacial score (nSPS) is 12.6. The summed E-state index contributed by atoms with van der Waals surface area (Å²) < 4.78 is 85.1. The maximum absolute atomic E-state index is 12.8. The van der Waals surface area contributed by atoms with Crippen LogP contribution in [0.1, 0.15) is 0 Å². The molecule has 0 aliphatic carbocycles. The molecule has 90 valence electrons. The second-order valence-electron chi connectivity index (χ2n) is 2.54. The second-order valence-corrected chi connectivity index (χ2v) is 4.07. The summed E-state index contributed by atoms with van der Waals surface area (Å²) in [5, 5.41) is 0. The van der Waals surface area contributed by atoms with Gasteiger partial charge in [0.2, 0.25) is 5.82 Å². The lowest BCUT2D eigenvalue weighted by atomic mass is 10.3. The first-order chi connectivity index (χ1) is 7.15. The van der Waals surface area contributed by atoms with Crippen molar-refractivity contribution in [2.75, 3.05) is 0 Å². The zero-order valence-corrected chi connectivity index (χ0v) is 8.07. The third-order valence-electron chi connectivity index (χ3n) is 1.40. The first-order valence-corrected chi connectivity index (χ1v) is 5.01. The van der Waals surface area contributed by atoms with Crippen LogP contribution in [0.15, 0.2) is 18.2 Å². The van der Waals surface area contributed by atoms with Gasteiger partial charge in [0.1, 0.15) is 0 Å². The monoisotopic (exact) mass is 262 g/mol. The van der Waals surface area contributed by atoms with Crippen LogP contribution in [-0.4, -0.2) is 13.9 Å². The highest BCUT2D eigenvalue weighted by atomic mass is 32.2. The van der Waals surface area contributed by atoms with Crippen LogP contribution in [0.25, 0.3) is 0 Å². The van der Waals surface area contributed by atoms with Crippen molar-refractivity contribution in [2.45, 2.75) is 5.51 Å². The lowest BCUT2D eigenvalue weighted by molar-refractivity contribution is -0.0501. The van der Waals surface area contributed by atoms with Crippen molar-refractivity contribution in [3.8, 4) is 5.75 Å². The summed E-state index contributed by atoms with van der Waals surface area (Å²) in [6, 6.07) is 1.96. The Labute approximate surface area is 86.6 Å². The molecular formula is C7H3F5O3S. The van der Waals surface area contributed by atoms with Gasteiger partial charge >= 0.3 is 15.6 Å². The van der Waals surface area contributed by atoms with E-state index >= 15 is 0 Å². The fraction of sp³-hybridized carbons (Fsp3) is 0.143. The lowest BCUT2D eigenvalue weighted by Crippen LogP contribution is -2.28. The standard InChI is InChI=1S/C7H3F5O3S/c8-4-2-1-3-5(6(4)9)15-16(13,14)7(10,11)12/h1-3H. The Morgan fingerprint density at radius 2 is 1.69 bits per heavy atom. The van der Waals surface area contributed by atoms with Crippen molar-refractivity contribution in [1.29, 1.82) is 0 Å². The second kappa shape index (κ2) is 3.89. The minimum absolute atomic E-state index is 0.557. The molecule has 0 atom stereocenters. The molecule has 16 heavy (non-hydrogen) atoms. The first-order valence-electron chi connectivity index (χ1n) is 3.60. The molecule has 0 fully saturated rings. The Morgan fingerprint density at radius 1 is 1.12 bits per heavy atom. The number of alkyl halides is 3. The van der Waals surface area contributed by atoms with Gasteiger partial charge < -0.3 is 4.18 Å². The van der Waals surface area contributed by atoms with E-state index in [-0.39, 0.29) is 0 Å². The molecule has 0 unspecified atom stereocenters. The summed E-state index contributed by atoms with van der Waals surface area (Å²) in [4.78, 5) is 0. The van der Waals surface area contributed by atoms with Crippen molar-refractivity contribution >= 4 is 10.1 Å². The van der Waals surface area contributed by atoms with Gasteiger partial charge in [0, 0.05) is 0 Å². The van der Waals surface area contributed by atoms with Crippen LogP contribution in [0.2, 0.25) is 0 Å². The van der Waals surface area contributed by atoms with E-state index in [1.807, 2.05) is 0 Å². The minimum Gasteiger partial charge on any atom is -0.373 e. The van der Waals surface area contributed by atoms with Gasteiger partial charge in [-0.1, -0.05) is 6.07 Å². The molecule has 0 amide bonds. The molecule has 0 aliphatic heterocycles. The van der Waals surface area contributed by atoms with E-state index in [2.05, 4.69) is 4.18 Å². The lowest BCUT2D eigenvalue weighted by Gasteiger charge is -2.09. The Hall–Kier alpha value is -1.38. The maximum atomic E-state index is 12.8. The third kappa shape index (κ3) is 2.40. The van der Waals surface area contributed by atoms with Crippen LogP contribution >= 0.6 is 0 Å². The van der Waals surface area contributed by atoms with Gasteiger partial charge in [-0.15, -0.1) is 0 Å². The number of hydrogen-bond donors (Lipinski definition) is 0. The number of benzene rings is 1. The van der Waals surface area contributed by atoms with E-state index in [4.69, 9.17) is 0 Å². The minimum atomic E-state index is -6.00. The van der Waals surface area contributed by atoms with Gasteiger partial charge in [0.25, 0.3) is 0 Å². The summed E-state index contributed by atoms with van der Waals surface area (Å²) >= 11 is 0. The Balaban J connectivity index is 3.12. The van der Waals surface area contributed by atoms with Gasteiger partial charge in [-0.2, -0.15) is 26.0 Å². The summed E-state index contributed by atoms with van der Waals surface area (Å²) in [7, 11) is -6.00. The van der Waals surface area contributed by atoms with Gasteiger partial charge in [-0.25, -0.2) is 4.39 Å². The fourth-order valence-corrected chi connectivity index (χ4v) is 1.17. The van der Waals surface area contributed by atoms with E-state index in [1.54, 1.807) is 0 Å². The molecule has 0 aliphatic rings. The Morgan fingerprint density at radius 3 is 2.19 bits per heavy atom.